The quantitative estimate of drug-likeness (QED) is 0.531. The maximum atomic E-state index is 12.1. The number of esters is 1. The number of aromatic carboxylic acids is 1. The van der Waals surface area contributed by atoms with Crippen LogP contribution in [0.15, 0.2) is 48.5 Å². The molecule has 6 heteroatoms. The summed E-state index contributed by atoms with van der Waals surface area (Å²) >= 11 is 0. The first-order valence-electron chi connectivity index (χ1n) is 7.50. The molecule has 0 fully saturated rings. The van der Waals surface area contributed by atoms with Gasteiger partial charge >= 0.3 is 11.9 Å². The first-order valence-corrected chi connectivity index (χ1v) is 7.50. The predicted octanol–water partition coefficient (Wildman–Crippen LogP) is 2.01. The topological polar surface area (TPSA) is 102 Å². The molecule has 0 bridgehead atoms. The van der Waals surface area contributed by atoms with Crippen molar-refractivity contribution in [3.8, 4) is 0 Å². The van der Waals surface area contributed by atoms with Gasteiger partial charge in [0.15, 0.2) is 0 Å². The van der Waals surface area contributed by atoms with E-state index in [4.69, 9.17) is 15.6 Å². The highest BCUT2D eigenvalue weighted by Gasteiger charge is 2.23. The Morgan fingerprint density at radius 2 is 1.92 bits per heavy atom. The van der Waals surface area contributed by atoms with Crippen molar-refractivity contribution in [2.75, 3.05) is 19.4 Å². The lowest BCUT2D eigenvalue weighted by molar-refractivity contribution is -0.143. The number of nitrogens with two attached hydrogens (primary N) is 1. The number of nitrogens with one attached hydrogen (secondary N) is 1. The first-order chi connectivity index (χ1) is 11.5. The minimum Gasteiger partial charge on any atom is -0.478 e. The van der Waals surface area contributed by atoms with Crippen LogP contribution in [-0.4, -0.2) is 30.7 Å². The highest BCUT2D eigenvalue weighted by molar-refractivity contribution is 5.90. The second-order valence-corrected chi connectivity index (χ2v) is 5.29. The molecule has 126 valence electrons. The number of anilines is 1. The molecule has 24 heavy (non-hydrogen) atoms. The van der Waals surface area contributed by atoms with Crippen molar-refractivity contribution in [2.24, 2.45) is 0 Å². The van der Waals surface area contributed by atoms with E-state index in [-0.39, 0.29) is 11.3 Å². The number of carboxylic acids is 1. The first kappa shape index (κ1) is 17.5. The Bertz CT molecular complexity index is 716. The normalized spacial score (nSPS) is 11.7. The number of hydrogen-bond acceptors (Lipinski definition) is 5. The summed E-state index contributed by atoms with van der Waals surface area (Å²) in [6.45, 7) is 0.546. The van der Waals surface area contributed by atoms with Gasteiger partial charge in [0, 0.05) is 17.8 Å². The summed E-state index contributed by atoms with van der Waals surface area (Å²) in [4.78, 5) is 23.1. The van der Waals surface area contributed by atoms with Gasteiger partial charge in [-0.2, -0.15) is 0 Å². The molecule has 2 rings (SSSR count). The van der Waals surface area contributed by atoms with Crippen molar-refractivity contribution in [2.45, 2.75) is 12.5 Å². The van der Waals surface area contributed by atoms with Crippen LogP contribution in [0.2, 0.25) is 0 Å². The second kappa shape index (κ2) is 8.12. The molecular formula is C18H20N2O4. The third-order valence-corrected chi connectivity index (χ3v) is 3.69. The zero-order chi connectivity index (χ0) is 17.5. The predicted molar refractivity (Wildman–Crippen MR) is 90.7 cm³/mol. The molecule has 6 nitrogen and oxygen atoms in total. The monoisotopic (exact) mass is 328 g/mol. The number of benzene rings is 2. The average molecular weight is 328 g/mol. The molecule has 0 amide bonds. The molecule has 0 unspecified atom stereocenters. The Morgan fingerprint density at radius 1 is 1.21 bits per heavy atom. The van der Waals surface area contributed by atoms with Crippen molar-refractivity contribution in [3.05, 3.63) is 65.2 Å². The summed E-state index contributed by atoms with van der Waals surface area (Å²) in [7, 11) is 1.30. The zero-order valence-electron chi connectivity index (χ0n) is 13.4. The van der Waals surface area contributed by atoms with Crippen LogP contribution >= 0.6 is 0 Å². The smallest absolute Gasteiger partial charge is 0.335 e. The number of carboxylic acid groups (broad SMARTS) is 1. The molecule has 0 aliphatic heterocycles. The van der Waals surface area contributed by atoms with Gasteiger partial charge < -0.3 is 20.9 Å². The lowest BCUT2D eigenvalue weighted by atomic mass is 10.0. The van der Waals surface area contributed by atoms with Gasteiger partial charge in [0.05, 0.1) is 12.7 Å². The molecule has 0 saturated carbocycles. The molecule has 0 saturated heterocycles. The molecule has 2 aromatic rings. The fourth-order valence-electron chi connectivity index (χ4n) is 2.41. The van der Waals surface area contributed by atoms with Gasteiger partial charge in [0.1, 0.15) is 6.04 Å². The maximum Gasteiger partial charge on any atom is 0.335 e. The number of ether oxygens (including phenoxy) is 1. The lowest BCUT2D eigenvalue weighted by Crippen LogP contribution is -2.32. The Kier molecular flexibility index (Phi) is 5.92. The van der Waals surface area contributed by atoms with Crippen molar-refractivity contribution < 1.29 is 19.4 Å². The molecule has 0 heterocycles. The SMILES string of the molecule is COC(=O)[C@@H](NCCc1ccccc1)c1ccc(C(=O)O)cc1N. The van der Waals surface area contributed by atoms with E-state index in [2.05, 4.69) is 5.32 Å². The van der Waals surface area contributed by atoms with Crippen LogP contribution < -0.4 is 11.1 Å². The van der Waals surface area contributed by atoms with E-state index < -0.39 is 18.0 Å². The van der Waals surface area contributed by atoms with E-state index in [0.29, 0.717) is 12.1 Å². The Balaban J connectivity index is 2.13. The van der Waals surface area contributed by atoms with E-state index in [0.717, 1.165) is 12.0 Å². The van der Waals surface area contributed by atoms with Crippen LogP contribution in [-0.2, 0) is 16.0 Å². The summed E-state index contributed by atoms with van der Waals surface area (Å²) < 4.78 is 4.83. The molecule has 0 radical (unpaired) electrons. The van der Waals surface area contributed by atoms with Crippen molar-refractivity contribution in [1.29, 1.82) is 0 Å². The van der Waals surface area contributed by atoms with Crippen molar-refractivity contribution >= 4 is 17.6 Å². The van der Waals surface area contributed by atoms with Gasteiger partial charge in [0.25, 0.3) is 0 Å². The van der Waals surface area contributed by atoms with Gasteiger partial charge in [-0.1, -0.05) is 36.4 Å². The van der Waals surface area contributed by atoms with Crippen LogP contribution in [0.1, 0.15) is 27.5 Å². The van der Waals surface area contributed by atoms with Gasteiger partial charge in [-0.05, 0) is 24.1 Å². The molecule has 0 spiro atoms. The molecule has 2 aromatic carbocycles. The van der Waals surface area contributed by atoms with Crippen LogP contribution in [0.4, 0.5) is 5.69 Å². The van der Waals surface area contributed by atoms with Crippen LogP contribution in [0.5, 0.6) is 0 Å². The Morgan fingerprint density at radius 3 is 2.50 bits per heavy atom. The number of hydrogen-bond donors (Lipinski definition) is 3. The number of methoxy groups -OCH3 is 1. The molecule has 0 aliphatic rings. The minimum absolute atomic E-state index is 0.0733. The summed E-state index contributed by atoms with van der Waals surface area (Å²) in [5.74, 6) is -1.54. The Labute approximate surface area is 140 Å². The van der Waals surface area contributed by atoms with E-state index in [1.54, 1.807) is 0 Å². The summed E-state index contributed by atoms with van der Waals surface area (Å²) in [5, 5.41) is 12.1. The van der Waals surface area contributed by atoms with E-state index in [1.165, 1.54) is 25.3 Å². The number of carbonyl (C=O) groups excluding carboxylic acids is 1. The van der Waals surface area contributed by atoms with E-state index in [1.807, 2.05) is 30.3 Å². The largest absolute Gasteiger partial charge is 0.478 e. The second-order valence-electron chi connectivity index (χ2n) is 5.29. The van der Waals surface area contributed by atoms with Crippen molar-refractivity contribution in [3.63, 3.8) is 0 Å². The van der Waals surface area contributed by atoms with Crippen LogP contribution in [0.3, 0.4) is 0 Å². The maximum absolute atomic E-state index is 12.1. The van der Waals surface area contributed by atoms with E-state index in [9.17, 15) is 9.59 Å². The van der Waals surface area contributed by atoms with Gasteiger partial charge in [-0.25, -0.2) is 9.59 Å². The minimum atomic E-state index is -1.07. The fraction of sp³-hybridized carbons (Fsp3) is 0.222. The zero-order valence-corrected chi connectivity index (χ0v) is 13.4. The molecule has 0 aromatic heterocycles. The van der Waals surface area contributed by atoms with Crippen LogP contribution in [0.25, 0.3) is 0 Å². The number of nitrogen functional groups attached to an aromatic ring is 1. The highest BCUT2D eigenvalue weighted by Crippen LogP contribution is 2.23. The number of rotatable bonds is 7. The number of carbonyl (C=O) groups is 2. The van der Waals surface area contributed by atoms with E-state index >= 15 is 0 Å². The molecule has 1 atom stereocenters. The van der Waals surface area contributed by atoms with Crippen molar-refractivity contribution in [1.82, 2.24) is 5.32 Å². The average Bonchev–Trinajstić information content (AvgIpc) is 2.59. The summed E-state index contributed by atoms with van der Waals surface area (Å²) in [6, 6.07) is 13.4. The highest BCUT2D eigenvalue weighted by atomic mass is 16.5. The van der Waals surface area contributed by atoms with Gasteiger partial charge in [-0.15, -0.1) is 0 Å². The molecular weight excluding hydrogens is 308 g/mol. The third kappa shape index (κ3) is 4.33. The Hall–Kier alpha value is -2.86. The standard InChI is InChI=1S/C18H20N2O4/c1-24-18(23)16(20-10-9-12-5-3-2-4-6-12)14-8-7-13(17(21)22)11-15(14)19/h2-8,11,16,20H,9-10,19H2,1H3,(H,21,22)/t16-/m0/s1. The summed E-state index contributed by atoms with van der Waals surface area (Å²) in [6.07, 6.45) is 0.738. The van der Waals surface area contributed by atoms with Gasteiger partial charge in [0.2, 0.25) is 0 Å². The third-order valence-electron chi connectivity index (χ3n) is 3.69. The lowest BCUT2D eigenvalue weighted by Gasteiger charge is -2.19. The summed E-state index contributed by atoms with van der Waals surface area (Å²) in [5.41, 5.74) is 7.87. The molecule has 0 aliphatic carbocycles. The van der Waals surface area contributed by atoms with Gasteiger partial charge in [-0.3, -0.25) is 0 Å². The fourth-order valence-corrected chi connectivity index (χ4v) is 2.41. The van der Waals surface area contributed by atoms with Crippen LogP contribution in [0, 0.1) is 0 Å². The molecule has 4 N–H and O–H groups in total.